The van der Waals surface area contributed by atoms with Crippen LogP contribution in [0, 0.1) is 5.92 Å². The number of aliphatic hydroxyl groups excluding tert-OH is 1. The summed E-state index contributed by atoms with van der Waals surface area (Å²) < 4.78 is 0. The Balaban J connectivity index is 1.73. The number of nitrogens with one attached hydrogen (secondary N) is 1. The summed E-state index contributed by atoms with van der Waals surface area (Å²) in [4.78, 5) is 26.3. The molecule has 2 unspecified atom stereocenters. The number of nitrogens with zero attached hydrogens (tertiary/aromatic N) is 1. The maximum Gasteiger partial charge on any atom is 0.261 e. The maximum atomic E-state index is 12.1. The van der Waals surface area contributed by atoms with E-state index in [1.165, 1.54) is 11.3 Å². The van der Waals surface area contributed by atoms with E-state index in [9.17, 15) is 14.7 Å². The Hall–Kier alpha value is -1.40. The van der Waals surface area contributed by atoms with Gasteiger partial charge in [-0.15, -0.1) is 11.3 Å². The van der Waals surface area contributed by atoms with Crippen LogP contribution in [0.5, 0.6) is 0 Å². The minimum Gasteiger partial charge on any atom is -0.393 e. The fourth-order valence-corrected chi connectivity index (χ4v) is 3.21. The molecule has 0 aliphatic carbocycles. The molecule has 1 aromatic rings. The first-order valence-corrected chi connectivity index (χ1v) is 8.23. The van der Waals surface area contributed by atoms with Gasteiger partial charge in [-0.1, -0.05) is 6.07 Å². The molecule has 116 valence electrons. The van der Waals surface area contributed by atoms with Crippen LogP contribution in [0.2, 0.25) is 0 Å². The number of hydrogen-bond donors (Lipinski definition) is 2. The van der Waals surface area contributed by atoms with Gasteiger partial charge in [-0.3, -0.25) is 9.59 Å². The zero-order chi connectivity index (χ0) is 15.2. The summed E-state index contributed by atoms with van der Waals surface area (Å²) >= 11 is 1.39. The van der Waals surface area contributed by atoms with E-state index in [2.05, 4.69) is 5.32 Å². The number of thiophene rings is 1. The first kappa shape index (κ1) is 16.0. The summed E-state index contributed by atoms with van der Waals surface area (Å²) in [5.74, 6) is 0.0912. The predicted molar refractivity (Wildman–Crippen MR) is 82.3 cm³/mol. The summed E-state index contributed by atoms with van der Waals surface area (Å²) in [6, 6.07) is 3.59. The van der Waals surface area contributed by atoms with Crippen molar-refractivity contribution in [2.24, 2.45) is 5.92 Å². The van der Waals surface area contributed by atoms with Crippen molar-refractivity contribution in [1.29, 1.82) is 0 Å². The van der Waals surface area contributed by atoms with Crippen molar-refractivity contribution >= 4 is 23.2 Å². The minimum atomic E-state index is -0.376. The SMILES string of the molecule is CC(O)C1CCCN(C(=O)CCNC(=O)c2cccs2)C1. The molecule has 2 atom stereocenters. The maximum absolute atomic E-state index is 12.1. The number of hydrogen-bond acceptors (Lipinski definition) is 4. The molecule has 21 heavy (non-hydrogen) atoms. The number of likely N-dealkylation sites (tertiary alicyclic amines) is 1. The summed E-state index contributed by atoms with van der Waals surface area (Å²) in [5.41, 5.74) is 0. The van der Waals surface area contributed by atoms with Gasteiger partial charge in [0.1, 0.15) is 0 Å². The summed E-state index contributed by atoms with van der Waals surface area (Å²) in [5, 5.41) is 14.3. The third-order valence-corrected chi connectivity index (χ3v) is 4.73. The lowest BCUT2D eigenvalue weighted by Crippen LogP contribution is -2.43. The van der Waals surface area contributed by atoms with Crippen LogP contribution in [0.15, 0.2) is 17.5 Å². The molecule has 2 rings (SSSR count). The van der Waals surface area contributed by atoms with Gasteiger partial charge < -0.3 is 15.3 Å². The number of carbonyl (C=O) groups excluding carboxylic acids is 2. The fourth-order valence-electron chi connectivity index (χ4n) is 2.57. The summed E-state index contributed by atoms with van der Waals surface area (Å²) in [6.07, 6.45) is 1.84. The average molecular weight is 310 g/mol. The Kier molecular flexibility index (Phi) is 5.76. The van der Waals surface area contributed by atoms with E-state index in [-0.39, 0.29) is 23.8 Å². The molecule has 0 bridgehead atoms. The molecule has 2 N–H and O–H groups in total. The number of aliphatic hydroxyl groups is 1. The van der Waals surface area contributed by atoms with Gasteiger partial charge in [0, 0.05) is 32.0 Å². The lowest BCUT2D eigenvalue weighted by Gasteiger charge is -2.34. The van der Waals surface area contributed by atoms with Crippen LogP contribution in [-0.2, 0) is 4.79 Å². The lowest BCUT2D eigenvalue weighted by atomic mass is 9.93. The van der Waals surface area contributed by atoms with Crippen LogP contribution in [-0.4, -0.2) is 47.6 Å². The van der Waals surface area contributed by atoms with Crippen molar-refractivity contribution in [3.8, 4) is 0 Å². The highest BCUT2D eigenvalue weighted by Crippen LogP contribution is 2.20. The Morgan fingerprint density at radius 3 is 3.05 bits per heavy atom. The second-order valence-corrected chi connectivity index (χ2v) is 6.41. The van der Waals surface area contributed by atoms with Gasteiger partial charge in [0.15, 0.2) is 0 Å². The van der Waals surface area contributed by atoms with Gasteiger partial charge in [0.25, 0.3) is 5.91 Å². The first-order valence-electron chi connectivity index (χ1n) is 7.35. The Labute approximate surface area is 129 Å². The zero-order valence-electron chi connectivity index (χ0n) is 12.2. The smallest absolute Gasteiger partial charge is 0.261 e. The van der Waals surface area contributed by atoms with E-state index < -0.39 is 0 Å². The molecule has 1 aliphatic heterocycles. The lowest BCUT2D eigenvalue weighted by molar-refractivity contribution is -0.133. The predicted octanol–water partition coefficient (Wildman–Crippen LogP) is 1.49. The third-order valence-electron chi connectivity index (χ3n) is 3.86. The first-order chi connectivity index (χ1) is 10.1. The van der Waals surface area contributed by atoms with Crippen molar-refractivity contribution in [1.82, 2.24) is 10.2 Å². The molecule has 1 saturated heterocycles. The fraction of sp³-hybridized carbons (Fsp3) is 0.600. The van der Waals surface area contributed by atoms with Gasteiger partial charge in [-0.2, -0.15) is 0 Å². The highest BCUT2D eigenvalue weighted by molar-refractivity contribution is 7.12. The van der Waals surface area contributed by atoms with Gasteiger partial charge >= 0.3 is 0 Å². The molecule has 1 aliphatic rings. The molecule has 0 aromatic carbocycles. The summed E-state index contributed by atoms with van der Waals surface area (Å²) in [7, 11) is 0. The number of amides is 2. The second kappa shape index (κ2) is 7.56. The Morgan fingerprint density at radius 2 is 2.38 bits per heavy atom. The second-order valence-electron chi connectivity index (χ2n) is 5.47. The molecular weight excluding hydrogens is 288 g/mol. The highest BCUT2D eigenvalue weighted by atomic mass is 32.1. The van der Waals surface area contributed by atoms with Gasteiger partial charge in [0.2, 0.25) is 5.91 Å². The minimum absolute atomic E-state index is 0.0480. The van der Waals surface area contributed by atoms with Crippen LogP contribution in [0.1, 0.15) is 35.9 Å². The van der Waals surface area contributed by atoms with E-state index >= 15 is 0 Å². The molecule has 0 radical (unpaired) electrons. The zero-order valence-corrected chi connectivity index (χ0v) is 13.1. The van der Waals surface area contributed by atoms with E-state index in [0.717, 1.165) is 19.4 Å². The monoisotopic (exact) mass is 310 g/mol. The van der Waals surface area contributed by atoms with Crippen molar-refractivity contribution in [3.63, 3.8) is 0 Å². The quantitative estimate of drug-likeness (QED) is 0.865. The molecule has 6 heteroatoms. The highest BCUT2D eigenvalue weighted by Gasteiger charge is 2.26. The van der Waals surface area contributed by atoms with Crippen molar-refractivity contribution in [2.45, 2.75) is 32.3 Å². The number of rotatable bonds is 5. The van der Waals surface area contributed by atoms with Crippen LogP contribution < -0.4 is 5.32 Å². The molecular formula is C15H22N2O3S. The standard InChI is InChI=1S/C15H22N2O3S/c1-11(18)12-4-2-8-17(10-12)14(19)6-7-16-15(20)13-5-3-9-21-13/h3,5,9,11-12,18H,2,4,6-8,10H2,1H3,(H,16,20). The molecule has 1 aromatic heterocycles. The van der Waals surface area contributed by atoms with Crippen molar-refractivity contribution < 1.29 is 14.7 Å². The van der Waals surface area contributed by atoms with Crippen LogP contribution in [0.4, 0.5) is 0 Å². The third kappa shape index (κ3) is 4.54. The number of piperidine rings is 1. The van der Waals surface area contributed by atoms with Crippen LogP contribution in [0.25, 0.3) is 0 Å². The van der Waals surface area contributed by atoms with Gasteiger partial charge in [0.05, 0.1) is 11.0 Å². The van der Waals surface area contributed by atoms with E-state index in [0.29, 0.717) is 24.4 Å². The largest absolute Gasteiger partial charge is 0.393 e. The summed E-state index contributed by atoms with van der Waals surface area (Å²) in [6.45, 7) is 3.50. The van der Waals surface area contributed by atoms with E-state index in [1.807, 2.05) is 11.4 Å². The Morgan fingerprint density at radius 1 is 1.57 bits per heavy atom. The normalized spacial score (nSPS) is 20.1. The van der Waals surface area contributed by atoms with Crippen LogP contribution >= 0.6 is 11.3 Å². The number of carbonyl (C=O) groups is 2. The topological polar surface area (TPSA) is 69.6 Å². The van der Waals surface area contributed by atoms with Gasteiger partial charge in [-0.05, 0) is 31.2 Å². The van der Waals surface area contributed by atoms with Crippen LogP contribution in [0.3, 0.4) is 0 Å². The van der Waals surface area contributed by atoms with E-state index in [1.54, 1.807) is 17.9 Å². The van der Waals surface area contributed by atoms with Crippen molar-refractivity contribution in [2.75, 3.05) is 19.6 Å². The average Bonchev–Trinajstić information content (AvgIpc) is 3.01. The van der Waals surface area contributed by atoms with Gasteiger partial charge in [-0.25, -0.2) is 0 Å². The van der Waals surface area contributed by atoms with Crippen molar-refractivity contribution in [3.05, 3.63) is 22.4 Å². The molecule has 1 fully saturated rings. The molecule has 0 spiro atoms. The molecule has 2 heterocycles. The van der Waals surface area contributed by atoms with E-state index in [4.69, 9.17) is 0 Å². The molecule has 5 nitrogen and oxygen atoms in total. The molecule has 0 saturated carbocycles. The molecule has 2 amide bonds. The Bertz CT molecular complexity index is 473.